The van der Waals surface area contributed by atoms with Gasteiger partial charge >= 0.3 is 0 Å². The Kier molecular flexibility index (Phi) is 3.69. The molecule has 1 heterocycles. The Morgan fingerprint density at radius 1 is 1.47 bits per heavy atom. The van der Waals surface area contributed by atoms with E-state index in [9.17, 15) is 0 Å². The largest absolute Gasteiger partial charge is 0.486 e. The van der Waals surface area contributed by atoms with Crippen LogP contribution in [-0.4, -0.2) is 29.6 Å². The van der Waals surface area contributed by atoms with E-state index in [1.165, 1.54) is 0 Å². The van der Waals surface area contributed by atoms with Crippen molar-refractivity contribution in [2.45, 2.75) is 13.0 Å². The van der Waals surface area contributed by atoms with Gasteiger partial charge in [0.2, 0.25) is 0 Å². The number of nitrogens with zero attached hydrogens (tertiary/aromatic N) is 2. The van der Waals surface area contributed by atoms with E-state index in [0.29, 0.717) is 6.61 Å². The molecule has 92 valence electrons. The van der Waals surface area contributed by atoms with Gasteiger partial charge in [-0.25, -0.2) is 0 Å². The molecule has 1 unspecified atom stereocenters. The Bertz CT molecular complexity index is 524. The van der Waals surface area contributed by atoms with Crippen LogP contribution >= 0.6 is 15.9 Å². The molecule has 0 spiro atoms. The number of benzene rings is 1. The van der Waals surface area contributed by atoms with E-state index in [0.717, 1.165) is 21.1 Å². The molecule has 4 nitrogen and oxygen atoms in total. The van der Waals surface area contributed by atoms with E-state index in [1.807, 2.05) is 32.3 Å². The van der Waals surface area contributed by atoms with Crippen LogP contribution in [0.3, 0.4) is 0 Å². The lowest BCUT2D eigenvalue weighted by Crippen LogP contribution is -2.18. The number of aromatic nitrogens is 2. The van der Waals surface area contributed by atoms with Crippen molar-refractivity contribution in [1.29, 1.82) is 0 Å². The molecule has 1 aromatic carbocycles. The molecule has 17 heavy (non-hydrogen) atoms. The minimum Gasteiger partial charge on any atom is -0.486 e. The number of aryl methyl sites for hydroxylation is 1. The number of hydrogen-bond acceptors (Lipinski definition) is 3. The van der Waals surface area contributed by atoms with E-state index in [-0.39, 0.29) is 6.10 Å². The highest BCUT2D eigenvalue weighted by atomic mass is 79.9. The van der Waals surface area contributed by atoms with Gasteiger partial charge in [0.25, 0.3) is 0 Å². The Morgan fingerprint density at radius 2 is 2.24 bits per heavy atom. The van der Waals surface area contributed by atoms with E-state index in [1.54, 1.807) is 11.8 Å². The van der Waals surface area contributed by atoms with E-state index < -0.39 is 0 Å². The average Bonchev–Trinajstić information content (AvgIpc) is 2.66. The van der Waals surface area contributed by atoms with E-state index in [2.05, 4.69) is 21.0 Å². The third-order valence-corrected chi connectivity index (χ3v) is 3.12. The zero-order chi connectivity index (χ0) is 12.4. The second kappa shape index (κ2) is 5.06. The summed E-state index contributed by atoms with van der Waals surface area (Å²) in [5.41, 5.74) is 0.866. The van der Waals surface area contributed by atoms with Crippen LogP contribution in [-0.2, 0) is 11.8 Å². The predicted molar refractivity (Wildman–Crippen MR) is 70.4 cm³/mol. The molecule has 5 heteroatoms. The van der Waals surface area contributed by atoms with Gasteiger partial charge in [0.05, 0.1) is 6.61 Å². The number of hydrogen-bond donors (Lipinski definition) is 0. The SMILES string of the molecule is COCC(C)Oc1ccc(Br)c2cn(C)nc12. The molecular weight excluding hydrogens is 284 g/mol. The smallest absolute Gasteiger partial charge is 0.148 e. The molecule has 0 bridgehead atoms. The number of fused-ring (bicyclic) bond motifs is 1. The fourth-order valence-corrected chi connectivity index (χ4v) is 2.17. The van der Waals surface area contributed by atoms with Gasteiger partial charge in [-0.3, -0.25) is 4.68 Å². The lowest BCUT2D eigenvalue weighted by Gasteiger charge is -2.14. The van der Waals surface area contributed by atoms with Gasteiger partial charge in [-0.05, 0) is 19.1 Å². The average molecular weight is 299 g/mol. The van der Waals surface area contributed by atoms with Gasteiger partial charge < -0.3 is 9.47 Å². The summed E-state index contributed by atoms with van der Waals surface area (Å²) < 4.78 is 13.7. The molecule has 0 aliphatic carbocycles. The number of halogens is 1. The minimum atomic E-state index is 0.00591. The van der Waals surface area contributed by atoms with Crippen LogP contribution < -0.4 is 4.74 Å². The van der Waals surface area contributed by atoms with Gasteiger partial charge in [-0.2, -0.15) is 5.10 Å². The first kappa shape index (κ1) is 12.4. The van der Waals surface area contributed by atoms with Crippen molar-refractivity contribution >= 4 is 26.8 Å². The van der Waals surface area contributed by atoms with Gasteiger partial charge in [0.15, 0.2) is 0 Å². The molecular formula is C12H15BrN2O2. The monoisotopic (exact) mass is 298 g/mol. The summed E-state index contributed by atoms with van der Waals surface area (Å²) in [5.74, 6) is 0.786. The Hall–Kier alpha value is -1.07. The van der Waals surface area contributed by atoms with Crippen LogP contribution in [0, 0.1) is 0 Å². The standard InChI is InChI=1S/C12H15BrN2O2/c1-8(7-16-3)17-11-5-4-10(13)9-6-15(2)14-12(9)11/h4-6,8H,7H2,1-3H3. The van der Waals surface area contributed by atoms with Crippen molar-refractivity contribution in [3.05, 3.63) is 22.8 Å². The zero-order valence-corrected chi connectivity index (χ0v) is 11.7. The van der Waals surface area contributed by atoms with Crippen molar-refractivity contribution in [3.8, 4) is 5.75 Å². The highest BCUT2D eigenvalue weighted by molar-refractivity contribution is 9.10. The quantitative estimate of drug-likeness (QED) is 0.871. The van der Waals surface area contributed by atoms with Crippen LogP contribution in [0.5, 0.6) is 5.75 Å². The van der Waals surface area contributed by atoms with E-state index in [4.69, 9.17) is 9.47 Å². The second-order valence-corrected chi connectivity index (χ2v) is 4.85. The summed E-state index contributed by atoms with van der Waals surface area (Å²) in [6.07, 6.45) is 1.97. The molecule has 0 N–H and O–H groups in total. The first-order chi connectivity index (χ1) is 8.11. The molecule has 0 saturated heterocycles. The first-order valence-corrected chi connectivity index (χ1v) is 6.18. The zero-order valence-electron chi connectivity index (χ0n) is 10.1. The van der Waals surface area contributed by atoms with Gasteiger partial charge in [0.1, 0.15) is 17.4 Å². The third-order valence-electron chi connectivity index (χ3n) is 2.43. The van der Waals surface area contributed by atoms with Crippen molar-refractivity contribution in [1.82, 2.24) is 9.78 Å². The predicted octanol–water partition coefficient (Wildman–Crippen LogP) is 2.75. The van der Waals surface area contributed by atoms with Gasteiger partial charge in [0, 0.05) is 30.2 Å². The Balaban J connectivity index is 2.37. The Labute approximate surface area is 109 Å². The molecule has 0 aliphatic heterocycles. The first-order valence-electron chi connectivity index (χ1n) is 5.39. The number of methoxy groups -OCH3 is 1. The van der Waals surface area contributed by atoms with Crippen molar-refractivity contribution in [2.24, 2.45) is 7.05 Å². The Morgan fingerprint density at radius 3 is 2.94 bits per heavy atom. The normalized spacial score (nSPS) is 12.9. The maximum atomic E-state index is 5.81. The third kappa shape index (κ3) is 2.61. The molecule has 0 fully saturated rings. The highest BCUT2D eigenvalue weighted by Crippen LogP contribution is 2.30. The van der Waals surface area contributed by atoms with Crippen LogP contribution in [0.4, 0.5) is 0 Å². The summed E-state index contributed by atoms with van der Waals surface area (Å²) >= 11 is 3.51. The van der Waals surface area contributed by atoms with Crippen LogP contribution in [0.1, 0.15) is 6.92 Å². The lowest BCUT2D eigenvalue weighted by molar-refractivity contribution is 0.0929. The summed E-state index contributed by atoms with van der Waals surface area (Å²) in [5, 5.41) is 5.46. The number of ether oxygens (including phenoxy) is 2. The fraction of sp³-hybridized carbons (Fsp3) is 0.417. The molecule has 0 saturated carbocycles. The molecule has 0 amide bonds. The van der Waals surface area contributed by atoms with Crippen molar-refractivity contribution in [2.75, 3.05) is 13.7 Å². The molecule has 2 rings (SSSR count). The fourth-order valence-electron chi connectivity index (χ4n) is 1.74. The topological polar surface area (TPSA) is 36.3 Å². The second-order valence-electron chi connectivity index (χ2n) is 3.99. The summed E-state index contributed by atoms with van der Waals surface area (Å²) in [7, 11) is 3.56. The molecule has 0 aliphatic rings. The molecule has 0 radical (unpaired) electrons. The van der Waals surface area contributed by atoms with Crippen LogP contribution in [0.15, 0.2) is 22.8 Å². The maximum Gasteiger partial charge on any atom is 0.148 e. The molecule has 2 aromatic rings. The molecule has 1 atom stereocenters. The minimum absolute atomic E-state index is 0.00591. The van der Waals surface area contributed by atoms with Crippen LogP contribution in [0.2, 0.25) is 0 Å². The van der Waals surface area contributed by atoms with Gasteiger partial charge in [-0.1, -0.05) is 15.9 Å². The summed E-state index contributed by atoms with van der Waals surface area (Å²) in [6.45, 7) is 2.53. The van der Waals surface area contributed by atoms with Crippen molar-refractivity contribution < 1.29 is 9.47 Å². The molecule has 1 aromatic heterocycles. The maximum absolute atomic E-state index is 5.81. The lowest BCUT2D eigenvalue weighted by atomic mass is 10.2. The highest BCUT2D eigenvalue weighted by Gasteiger charge is 2.12. The summed E-state index contributed by atoms with van der Waals surface area (Å²) in [6, 6.07) is 3.89. The van der Waals surface area contributed by atoms with E-state index >= 15 is 0 Å². The van der Waals surface area contributed by atoms with Crippen LogP contribution in [0.25, 0.3) is 10.9 Å². The van der Waals surface area contributed by atoms with Gasteiger partial charge in [-0.15, -0.1) is 0 Å². The van der Waals surface area contributed by atoms with Crippen molar-refractivity contribution in [3.63, 3.8) is 0 Å². The summed E-state index contributed by atoms with van der Waals surface area (Å²) in [4.78, 5) is 0. The number of rotatable bonds is 4.